The van der Waals surface area contributed by atoms with Crippen LogP contribution in [0.1, 0.15) is 5.89 Å². The molecule has 3 aromatic rings. The molecule has 0 atom stereocenters. The van der Waals surface area contributed by atoms with E-state index < -0.39 is 17.1 Å². The highest BCUT2D eigenvalue weighted by Gasteiger charge is 2.14. The molecular formula is C14H13N5O4. The summed E-state index contributed by atoms with van der Waals surface area (Å²) in [5.74, 6) is 0.386. The molecule has 0 unspecified atom stereocenters. The van der Waals surface area contributed by atoms with Gasteiger partial charge in [0.1, 0.15) is 6.54 Å². The van der Waals surface area contributed by atoms with Crippen LogP contribution in [0.4, 0.5) is 0 Å². The van der Waals surface area contributed by atoms with E-state index in [1.165, 1.54) is 14.1 Å². The van der Waals surface area contributed by atoms with Crippen LogP contribution >= 0.6 is 0 Å². The Morgan fingerprint density at radius 2 is 1.52 bits per heavy atom. The molecule has 0 aliphatic carbocycles. The van der Waals surface area contributed by atoms with Crippen LogP contribution in [0.5, 0.6) is 0 Å². The van der Waals surface area contributed by atoms with E-state index >= 15 is 0 Å². The van der Waals surface area contributed by atoms with Crippen LogP contribution in [-0.2, 0) is 20.6 Å². The van der Waals surface area contributed by atoms with E-state index in [0.717, 1.165) is 19.3 Å². The lowest BCUT2D eigenvalue weighted by Gasteiger charge is -2.06. The second kappa shape index (κ2) is 5.52. The summed E-state index contributed by atoms with van der Waals surface area (Å²) in [6, 6.07) is 9.11. The molecule has 0 radical (unpaired) electrons. The first-order valence-electron chi connectivity index (χ1n) is 6.73. The maximum absolute atomic E-state index is 12.1. The molecule has 0 amide bonds. The molecule has 0 aliphatic heterocycles. The standard InChI is InChI=1S/C14H13N5O4/c1-17-12(20)18(2)14(22)19(13(17)21)8-10-15-16-11(23-10)9-6-4-3-5-7-9/h3-7H,8H2,1-2H3. The van der Waals surface area contributed by atoms with Gasteiger partial charge in [0.15, 0.2) is 0 Å². The lowest BCUT2D eigenvalue weighted by atomic mass is 10.2. The molecule has 118 valence electrons. The maximum Gasteiger partial charge on any atom is 0.336 e. The Balaban J connectivity index is 2.02. The van der Waals surface area contributed by atoms with Crippen molar-refractivity contribution in [2.24, 2.45) is 14.1 Å². The summed E-state index contributed by atoms with van der Waals surface area (Å²) in [5.41, 5.74) is -1.44. The summed E-state index contributed by atoms with van der Waals surface area (Å²) in [6.07, 6.45) is 0. The molecule has 0 aliphatic rings. The lowest BCUT2D eigenvalue weighted by Crippen LogP contribution is -2.52. The highest BCUT2D eigenvalue weighted by molar-refractivity contribution is 5.51. The zero-order valence-corrected chi connectivity index (χ0v) is 12.5. The van der Waals surface area contributed by atoms with Crippen LogP contribution in [0.3, 0.4) is 0 Å². The van der Waals surface area contributed by atoms with Crippen molar-refractivity contribution in [3.05, 3.63) is 67.7 Å². The molecule has 0 fully saturated rings. The maximum atomic E-state index is 12.1. The van der Waals surface area contributed by atoms with E-state index in [2.05, 4.69) is 10.2 Å². The molecule has 0 N–H and O–H groups in total. The Labute approximate surface area is 129 Å². The summed E-state index contributed by atoms with van der Waals surface area (Å²) in [7, 11) is 2.59. The van der Waals surface area contributed by atoms with Crippen molar-refractivity contribution in [3.63, 3.8) is 0 Å². The summed E-state index contributed by atoms with van der Waals surface area (Å²) < 4.78 is 8.03. The number of benzene rings is 1. The third-order valence-corrected chi connectivity index (χ3v) is 3.39. The Bertz CT molecular complexity index is 986. The zero-order valence-electron chi connectivity index (χ0n) is 12.5. The van der Waals surface area contributed by atoms with Gasteiger partial charge in [0, 0.05) is 19.7 Å². The number of rotatable bonds is 3. The van der Waals surface area contributed by atoms with Crippen molar-refractivity contribution in [2.45, 2.75) is 6.54 Å². The average Bonchev–Trinajstić information content (AvgIpc) is 3.05. The first-order valence-corrected chi connectivity index (χ1v) is 6.73. The van der Waals surface area contributed by atoms with Crippen LogP contribution in [0.15, 0.2) is 49.1 Å². The van der Waals surface area contributed by atoms with Crippen molar-refractivity contribution in [2.75, 3.05) is 0 Å². The predicted molar refractivity (Wildman–Crippen MR) is 80.0 cm³/mol. The average molecular weight is 315 g/mol. The van der Waals surface area contributed by atoms with Crippen molar-refractivity contribution >= 4 is 0 Å². The van der Waals surface area contributed by atoms with E-state index in [1.807, 2.05) is 18.2 Å². The molecular weight excluding hydrogens is 302 g/mol. The van der Waals surface area contributed by atoms with Crippen molar-refractivity contribution < 1.29 is 4.42 Å². The van der Waals surface area contributed by atoms with E-state index in [4.69, 9.17) is 4.42 Å². The van der Waals surface area contributed by atoms with E-state index in [0.29, 0.717) is 0 Å². The normalized spacial score (nSPS) is 10.9. The quantitative estimate of drug-likeness (QED) is 0.635. The van der Waals surface area contributed by atoms with Gasteiger partial charge < -0.3 is 4.42 Å². The van der Waals surface area contributed by atoms with E-state index in [9.17, 15) is 14.4 Å². The predicted octanol–water partition coefficient (Wildman–Crippen LogP) is -0.656. The monoisotopic (exact) mass is 315 g/mol. The van der Waals surface area contributed by atoms with Gasteiger partial charge in [-0.05, 0) is 12.1 Å². The van der Waals surface area contributed by atoms with Crippen molar-refractivity contribution in [3.8, 4) is 11.5 Å². The van der Waals surface area contributed by atoms with Crippen LogP contribution in [0.25, 0.3) is 11.5 Å². The van der Waals surface area contributed by atoms with Crippen molar-refractivity contribution in [1.82, 2.24) is 23.9 Å². The van der Waals surface area contributed by atoms with Gasteiger partial charge >= 0.3 is 17.1 Å². The van der Waals surface area contributed by atoms with Crippen LogP contribution < -0.4 is 17.1 Å². The minimum Gasteiger partial charge on any atom is -0.419 e. The first kappa shape index (κ1) is 14.7. The van der Waals surface area contributed by atoms with Crippen LogP contribution in [0, 0.1) is 0 Å². The third kappa shape index (κ3) is 2.52. The van der Waals surface area contributed by atoms with Gasteiger partial charge in [0.25, 0.3) is 0 Å². The largest absolute Gasteiger partial charge is 0.419 e. The summed E-state index contributed by atoms with van der Waals surface area (Å²) in [5, 5.41) is 7.73. The fourth-order valence-corrected chi connectivity index (χ4v) is 2.12. The highest BCUT2D eigenvalue weighted by Crippen LogP contribution is 2.16. The summed E-state index contributed by atoms with van der Waals surface area (Å²) in [4.78, 5) is 35.8. The second-order valence-corrected chi connectivity index (χ2v) is 4.92. The van der Waals surface area contributed by atoms with Gasteiger partial charge in [-0.2, -0.15) is 0 Å². The smallest absolute Gasteiger partial charge is 0.336 e. The number of hydrogen-bond donors (Lipinski definition) is 0. The molecule has 3 rings (SSSR count). The molecule has 23 heavy (non-hydrogen) atoms. The number of aromatic nitrogens is 5. The van der Waals surface area contributed by atoms with Gasteiger partial charge in [-0.15, -0.1) is 10.2 Å². The number of hydrogen-bond acceptors (Lipinski definition) is 6. The van der Waals surface area contributed by atoms with E-state index in [1.54, 1.807) is 12.1 Å². The first-order chi connectivity index (χ1) is 11.0. The Morgan fingerprint density at radius 3 is 2.13 bits per heavy atom. The minimum atomic E-state index is -0.738. The molecule has 9 heteroatoms. The Morgan fingerprint density at radius 1 is 0.913 bits per heavy atom. The van der Waals surface area contributed by atoms with Gasteiger partial charge in [0.2, 0.25) is 11.8 Å². The highest BCUT2D eigenvalue weighted by atomic mass is 16.4. The van der Waals surface area contributed by atoms with E-state index in [-0.39, 0.29) is 18.3 Å². The summed E-state index contributed by atoms with van der Waals surface area (Å²) >= 11 is 0. The van der Waals surface area contributed by atoms with Crippen molar-refractivity contribution in [1.29, 1.82) is 0 Å². The number of nitrogens with zero attached hydrogens (tertiary/aromatic N) is 5. The molecule has 1 aromatic carbocycles. The van der Waals surface area contributed by atoms with Crippen LogP contribution in [0.2, 0.25) is 0 Å². The molecule has 2 aromatic heterocycles. The van der Waals surface area contributed by atoms with Gasteiger partial charge in [-0.1, -0.05) is 18.2 Å². The molecule has 9 nitrogen and oxygen atoms in total. The molecule has 0 saturated heterocycles. The minimum absolute atomic E-state index is 0.0988. The molecule has 0 bridgehead atoms. The second-order valence-electron chi connectivity index (χ2n) is 4.92. The summed E-state index contributed by atoms with van der Waals surface area (Å²) in [6.45, 7) is -0.209. The Hall–Kier alpha value is -3.23. The van der Waals surface area contributed by atoms with Gasteiger partial charge in [-0.3, -0.25) is 0 Å². The molecule has 2 heterocycles. The fourth-order valence-electron chi connectivity index (χ4n) is 2.12. The topological polar surface area (TPSA) is 105 Å². The fraction of sp³-hybridized carbons (Fsp3) is 0.214. The van der Waals surface area contributed by atoms with Crippen LogP contribution in [-0.4, -0.2) is 23.9 Å². The lowest BCUT2D eigenvalue weighted by molar-refractivity contribution is 0.450. The van der Waals surface area contributed by atoms with Gasteiger partial charge in [0.05, 0.1) is 0 Å². The zero-order chi connectivity index (χ0) is 16.6. The molecule has 0 spiro atoms. The SMILES string of the molecule is Cn1c(=O)n(C)c(=O)n(Cc2nnc(-c3ccccc3)o2)c1=O. The molecule has 0 saturated carbocycles. The van der Waals surface area contributed by atoms with Gasteiger partial charge in [-0.25, -0.2) is 28.1 Å². The third-order valence-electron chi connectivity index (χ3n) is 3.39. The Kier molecular flexibility index (Phi) is 3.53.